The molecule has 100 valence electrons. The summed E-state index contributed by atoms with van der Waals surface area (Å²) in [5, 5.41) is 1.12. The first-order valence-corrected chi connectivity index (χ1v) is 7.89. The van der Waals surface area contributed by atoms with Gasteiger partial charge in [0.1, 0.15) is 5.75 Å². The zero-order valence-corrected chi connectivity index (χ0v) is 12.7. The molecule has 1 saturated heterocycles. The van der Waals surface area contributed by atoms with E-state index in [2.05, 4.69) is 39.0 Å². The van der Waals surface area contributed by atoms with Crippen molar-refractivity contribution in [3.63, 3.8) is 0 Å². The van der Waals surface area contributed by atoms with E-state index in [1.807, 2.05) is 6.07 Å². The van der Waals surface area contributed by atoms with Gasteiger partial charge in [0.05, 0.1) is 7.11 Å². The summed E-state index contributed by atoms with van der Waals surface area (Å²) in [5.41, 5.74) is 1.31. The quantitative estimate of drug-likeness (QED) is 0.740. The fraction of sp³-hybridized carbons (Fsp3) is 0.600. The number of rotatable bonds is 6. The lowest BCUT2D eigenvalue weighted by Crippen LogP contribution is -2.29. The number of nitrogens with zero attached hydrogens (tertiary/aromatic N) is 1. The summed E-state index contributed by atoms with van der Waals surface area (Å²) < 4.78 is 5.44. The minimum atomic E-state index is 0.757. The van der Waals surface area contributed by atoms with Gasteiger partial charge in [0.2, 0.25) is 0 Å². The fourth-order valence-corrected chi connectivity index (χ4v) is 3.12. The summed E-state index contributed by atoms with van der Waals surface area (Å²) in [6.45, 7) is 2.25. The molecule has 1 aromatic carbocycles. The largest absolute Gasteiger partial charge is 0.496 e. The van der Waals surface area contributed by atoms with Crippen LogP contribution >= 0.6 is 15.9 Å². The molecule has 0 N–H and O–H groups in total. The molecule has 0 aliphatic carbocycles. The lowest BCUT2D eigenvalue weighted by Gasteiger charge is -2.25. The lowest BCUT2D eigenvalue weighted by molar-refractivity contribution is 0.230. The number of hydrogen-bond acceptors (Lipinski definition) is 2. The highest BCUT2D eigenvalue weighted by Crippen LogP contribution is 2.27. The third-order valence-electron chi connectivity index (χ3n) is 3.74. The van der Waals surface area contributed by atoms with Gasteiger partial charge < -0.3 is 4.74 Å². The summed E-state index contributed by atoms with van der Waals surface area (Å²) >= 11 is 3.53. The monoisotopic (exact) mass is 311 g/mol. The summed E-state index contributed by atoms with van der Waals surface area (Å²) in [6, 6.07) is 9.13. The smallest absolute Gasteiger partial charge is 0.123 e. The predicted octanol–water partition coefficient (Wildman–Crippen LogP) is 3.83. The second kappa shape index (κ2) is 7.15. The second-order valence-corrected chi connectivity index (χ2v) is 5.70. The summed E-state index contributed by atoms with van der Waals surface area (Å²) in [6.07, 6.45) is 5.26. The molecule has 2 nitrogen and oxygen atoms in total. The Kier molecular flexibility index (Phi) is 5.51. The fourth-order valence-electron chi connectivity index (χ4n) is 2.80. The van der Waals surface area contributed by atoms with Crippen LogP contribution < -0.4 is 4.74 Å². The van der Waals surface area contributed by atoms with Crippen molar-refractivity contribution in [1.82, 2.24) is 4.90 Å². The summed E-state index contributed by atoms with van der Waals surface area (Å²) in [4.78, 5) is 2.61. The maximum atomic E-state index is 5.44. The molecule has 0 amide bonds. The van der Waals surface area contributed by atoms with Crippen molar-refractivity contribution in [3.05, 3.63) is 29.8 Å². The van der Waals surface area contributed by atoms with Crippen molar-refractivity contribution in [2.75, 3.05) is 19.0 Å². The van der Waals surface area contributed by atoms with E-state index in [1.54, 1.807) is 7.11 Å². The first-order chi connectivity index (χ1) is 8.85. The molecular weight excluding hydrogens is 290 g/mol. The summed E-state index contributed by atoms with van der Waals surface area (Å²) in [7, 11) is 1.76. The van der Waals surface area contributed by atoms with Crippen LogP contribution in [0.2, 0.25) is 0 Å². The topological polar surface area (TPSA) is 12.5 Å². The Morgan fingerprint density at radius 1 is 1.39 bits per heavy atom. The van der Waals surface area contributed by atoms with Crippen molar-refractivity contribution >= 4 is 15.9 Å². The van der Waals surface area contributed by atoms with Gasteiger partial charge >= 0.3 is 0 Å². The Morgan fingerprint density at radius 3 is 3.00 bits per heavy atom. The Balaban J connectivity index is 1.99. The van der Waals surface area contributed by atoms with Crippen LogP contribution in [0.15, 0.2) is 24.3 Å². The van der Waals surface area contributed by atoms with Crippen molar-refractivity contribution in [2.24, 2.45) is 0 Å². The van der Waals surface area contributed by atoms with Gasteiger partial charge in [0.25, 0.3) is 0 Å². The third-order valence-corrected chi connectivity index (χ3v) is 4.30. The van der Waals surface area contributed by atoms with Crippen molar-refractivity contribution in [2.45, 2.75) is 38.3 Å². The van der Waals surface area contributed by atoms with Crippen LogP contribution in [0.1, 0.15) is 31.2 Å². The lowest BCUT2D eigenvalue weighted by atomic mass is 10.1. The SMILES string of the molecule is COc1ccccc1CN1CCCC1CCCBr. The molecule has 1 unspecified atom stereocenters. The Bertz CT molecular complexity index is 369. The zero-order chi connectivity index (χ0) is 12.8. The van der Waals surface area contributed by atoms with Crippen LogP contribution in [-0.2, 0) is 6.54 Å². The molecule has 1 atom stereocenters. The van der Waals surface area contributed by atoms with Crippen molar-refractivity contribution in [1.29, 1.82) is 0 Å². The molecule has 1 heterocycles. The van der Waals surface area contributed by atoms with Gasteiger partial charge in [-0.3, -0.25) is 4.90 Å². The van der Waals surface area contributed by atoms with E-state index in [4.69, 9.17) is 4.74 Å². The molecule has 3 heteroatoms. The molecule has 18 heavy (non-hydrogen) atoms. The van der Waals surface area contributed by atoms with Crippen LogP contribution in [0.25, 0.3) is 0 Å². The average molecular weight is 312 g/mol. The highest BCUT2D eigenvalue weighted by molar-refractivity contribution is 9.09. The molecular formula is C15H22BrNO. The van der Waals surface area contributed by atoms with E-state index in [9.17, 15) is 0 Å². The van der Waals surface area contributed by atoms with Crippen LogP contribution in [0.3, 0.4) is 0 Å². The number of halogens is 1. The van der Waals surface area contributed by atoms with Gasteiger partial charge in [0.15, 0.2) is 0 Å². The number of para-hydroxylation sites is 1. The van der Waals surface area contributed by atoms with E-state index in [-0.39, 0.29) is 0 Å². The number of ether oxygens (including phenoxy) is 1. The minimum Gasteiger partial charge on any atom is -0.496 e. The number of hydrogen-bond donors (Lipinski definition) is 0. The molecule has 0 bridgehead atoms. The van der Waals surface area contributed by atoms with Gasteiger partial charge in [-0.2, -0.15) is 0 Å². The van der Waals surface area contributed by atoms with Crippen molar-refractivity contribution in [3.8, 4) is 5.75 Å². The second-order valence-electron chi connectivity index (χ2n) is 4.91. The maximum Gasteiger partial charge on any atom is 0.123 e. The molecule has 0 saturated carbocycles. The molecule has 1 fully saturated rings. The highest BCUT2D eigenvalue weighted by atomic mass is 79.9. The average Bonchev–Trinajstić information content (AvgIpc) is 2.84. The maximum absolute atomic E-state index is 5.44. The predicted molar refractivity (Wildman–Crippen MR) is 79.5 cm³/mol. The molecule has 1 aromatic rings. The Morgan fingerprint density at radius 2 is 2.22 bits per heavy atom. The van der Waals surface area contributed by atoms with Crippen LogP contribution in [-0.4, -0.2) is 29.9 Å². The molecule has 2 rings (SSSR count). The first kappa shape index (κ1) is 13.9. The van der Waals surface area contributed by atoms with Crippen LogP contribution in [0, 0.1) is 0 Å². The number of likely N-dealkylation sites (tertiary alicyclic amines) is 1. The summed E-state index contributed by atoms with van der Waals surface area (Å²) in [5.74, 6) is 1.02. The van der Waals surface area contributed by atoms with Crippen molar-refractivity contribution < 1.29 is 4.74 Å². The van der Waals surface area contributed by atoms with Crippen LogP contribution in [0.5, 0.6) is 5.75 Å². The van der Waals surface area contributed by atoms with Gasteiger partial charge in [0, 0.05) is 23.5 Å². The highest BCUT2D eigenvalue weighted by Gasteiger charge is 2.24. The van der Waals surface area contributed by atoms with Gasteiger partial charge in [-0.15, -0.1) is 0 Å². The number of benzene rings is 1. The van der Waals surface area contributed by atoms with E-state index >= 15 is 0 Å². The normalized spacial score (nSPS) is 20.2. The number of alkyl halides is 1. The van der Waals surface area contributed by atoms with Gasteiger partial charge in [-0.05, 0) is 38.3 Å². The molecule has 1 aliphatic heterocycles. The van der Waals surface area contributed by atoms with Gasteiger partial charge in [-0.1, -0.05) is 34.1 Å². The number of methoxy groups -OCH3 is 1. The third kappa shape index (κ3) is 3.48. The minimum absolute atomic E-state index is 0.757. The molecule has 1 aliphatic rings. The Labute approximate surface area is 118 Å². The van der Waals surface area contributed by atoms with E-state index < -0.39 is 0 Å². The molecule has 0 radical (unpaired) electrons. The molecule has 0 spiro atoms. The zero-order valence-electron chi connectivity index (χ0n) is 11.1. The van der Waals surface area contributed by atoms with E-state index in [1.165, 1.54) is 37.8 Å². The van der Waals surface area contributed by atoms with E-state index in [0.717, 1.165) is 23.7 Å². The van der Waals surface area contributed by atoms with Gasteiger partial charge in [-0.25, -0.2) is 0 Å². The van der Waals surface area contributed by atoms with Crippen LogP contribution in [0.4, 0.5) is 0 Å². The van der Waals surface area contributed by atoms with E-state index in [0.29, 0.717) is 0 Å². The first-order valence-electron chi connectivity index (χ1n) is 6.77. The molecule has 0 aromatic heterocycles. The Hall–Kier alpha value is -0.540. The standard InChI is InChI=1S/C15H22BrNO/c1-18-15-9-3-2-6-13(15)12-17-11-5-8-14(17)7-4-10-16/h2-3,6,9,14H,4-5,7-8,10-12H2,1H3.